The molecule has 0 aliphatic heterocycles. The number of hydrogen-bond acceptors (Lipinski definition) is 4. The molecule has 100 valence electrons. The Morgan fingerprint density at radius 1 is 1.30 bits per heavy atom. The molecule has 0 aromatic carbocycles. The second-order valence-corrected chi connectivity index (χ2v) is 4.27. The molecule has 0 spiro atoms. The van der Waals surface area contributed by atoms with E-state index in [1.54, 1.807) is 6.92 Å². The van der Waals surface area contributed by atoms with Gasteiger partial charge in [0.2, 0.25) is 0 Å². The van der Waals surface area contributed by atoms with Crippen molar-refractivity contribution in [1.82, 2.24) is 9.97 Å². The number of rotatable bonds is 1. The Labute approximate surface area is 119 Å². The minimum Gasteiger partial charge on any atom is -0.411 e. The number of hydrogen-bond donors (Lipinski definition) is 1. The van der Waals surface area contributed by atoms with E-state index in [0.717, 1.165) is 6.20 Å². The second kappa shape index (κ2) is 6.13. The van der Waals surface area contributed by atoms with Gasteiger partial charge in [-0.05, 0) is 13.0 Å². The van der Waals surface area contributed by atoms with E-state index in [4.69, 9.17) is 16.8 Å². The average molecular weight is 290 g/mol. The SMILES string of the molecule is Cc1c(F)cncc1C#Cc1cnc(Cl)cc1/C=N/O. The number of oxime groups is 1. The molecular formula is C14H9ClFN3O. The predicted molar refractivity (Wildman–Crippen MR) is 73.5 cm³/mol. The van der Waals surface area contributed by atoms with Crippen LogP contribution in [0.2, 0.25) is 5.15 Å². The fourth-order valence-corrected chi connectivity index (χ4v) is 1.64. The smallest absolute Gasteiger partial charge is 0.145 e. The molecule has 0 aliphatic rings. The Morgan fingerprint density at radius 3 is 2.80 bits per heavy atom. The van der Waals surface area contributed by atoms with E-state index in [-0.39, 0.29) is 5.15 Å². The van der Waals surface area contributed by atoms with Crippen molar-refractivity contribution in [3.8, 4) is 11.8 Å². The van der Waals surface area contributed by atoms with E-state index >= 15 is 0 Å². The lowest BCUT2D eigenvalue weighted by molar-refractivity contribution is 0.322. The van der Waals surface area contributed by atoms with Crippen LogP contribution >= 0.6 is 11.6 Å². The van der Waals surface area contributed by atoms with Crippen LogP contribution in [0.5, 0.6) is 0 Å². The molecule has 2 rings (SSSR count). The molecule has 0 fully saturated rings. The zero-order chi connectivity index (χ0) is 14.5. The molecule has 0 aliphatic carbocycles. The molecule has 0 unspecified atom stereocenters. The fourth-order valence-electron chi connectivity index (χ4n) is 1.48. The standard InChI is InChI=1S/C14H9ClFN3O/c1-9-10(5-17-8-13(9)16)2-3-11-6-18-14(15)4-12(11)7-19-20/h4-8,20H,1H3/b19-7+. The minimum absolute atomic E-state index is 0.258. The van der Waals surface area contributed by atoms with E-state index in [1.807, 2.05) is 0 Å². The Kier molecular flexibility index (Phi) is 4.28. The molecule has 2 aromatic rings. The second-order valence-electron chi connectivity index (χ2n) is 3.88. The van der Waals surface area contributed by atoms with Crippen molar-refractivity contribution in [2.75, 3.05) is 0 Å². The third kappa shape index (κ3) is 3.11. The van der Waals surface area contributed by atoms with Crippen LogP contribution in [0, 0.1) is 24.6 Å². The summed E-state index contributed by atoms with van der Waals surface area (Å²) in [5.74, 6) is 5.23. The lowest BCUT2D eigenvalue weighted by Gasteiger charge is -1.99. The number of halogens is 2. The van der Waals surface area contributed by atoms with Gasteiger partial charge < -0.3 is 5.21 Å². The molecule has 0 saturated heterocycles. The largest absolute Gasteiger partial charge is 0.411 e. The van der Waals surface area contributed by atoms with Crippen molar-refractivity contribution in [2.24, 2.45) is 5.16 Å². The summed E-state index contributed by atoms with van der Waals surface area (Å²) in [5.41, 5.74) is 1.93. The van der Waals surface area contributed by atoms with Crippen molar-refractivity contribution < 1.29 is 9.60 Å². The molecule has 2 heterocycles. The van der Waals surface area contributed by atoms with Gasteiger partial charge in [0.05, 0.1) is 18.0 Å². The van der Waals surface area contributed by atoms with Crippen molar-refractivity contribution in [3.63, 3.8) is 0 Å². The Balaban J connectivity index is 2.45. The lowest BCUT2D eigenvalue weighted by atomic mass is 10.1. The number of aromatic nitrogens is 2. The highest BCUT2D eigenvalue weighted by atomic mass is 35.5. The molecule has 20 heavy (non-hydrogen) atoms. The summed E-state index contributed by atoms with van der Waals surface area (Å²) < 4.78 is 13.3. The van der Waals surface area contributed by atoms with Crippen LogP contribution in [0.15, 0.2) is 29.8 Å². The molecule has 1 N–H and O–H groups in total. The van der Waals surface area contributed by atoms with Gasteiger partial charge in [-0.3, -0.25) is 4.98 Å². The molecular weight excluding hydrogens is 281 g/mol. The molecule has 6 heteroatoms. The summed E-state index contributed by atoms with van der Waals surface area (Å²) in [6.45, 7) is 1.62. The molecule has 0 saturated carbocycles. The van der Waals surface area contributed by atoms with Gasteiger partial charge in [0, 0.05) is 29.1 Å². The topological polar surface area (TPSA) is 58.4 Å². The maximum Gasteiger partial charge on any atom is 0.145 e. The number of pyridine rings is 2. The van der Waals surface area contributed by atoms with Gasteiger partial charge >= 0.3 is 0 Å². The van der Waals surface area contributed by atoms with E-state index in [9.17, 15) is 4.39 Å². The average Bonchev–Trinajstić information content (AvgIpc) is 2.42. The third-order valence-electron chi connectivity index (χ3n) is 2.59. The molecule has 0 bridgehead atoms. The summed E-state index contributed by atoms with van der Waals surface area (Å²) in [7, 11) is 0. The van der Waals surface area contributed by atoms with Crippen molar-refractivity contribution in [2.45, 2.75) is 6.92 Å². The molecule has 4 nitrogen and oxygen atoms in total. The predicted octanol–water partition coefficient (Wildman–Crippen LogP) is 2.79. The normalized spacial score (nSPS) is 10.3. The zero-order valence-corrected chi connectivity index (χ0v) is 11.2. The molecule has 0 atom stereocenters. The zero-order valence-electron chi connectivity index (χ0n) is 10.4. The van der Waals surface area contributed by atoms with Crippen LogP contribution in [0.1, 0.15) is 22.3 Å². The van der Waals surface area contributed by atoms with Gasteiger partial charge in [-0.15, -0.1) is 0 Å². The fraction of sp³-hybridized carbons (Fsp3) is 0.0714. The van der Waals surface area contributed by atoms with Crippen LogP contribution < -0.4 is 0 Å². The quantitative estimate of drug-likeness (QED) is 0.289. The van der Waals surface area contributed by atoms with E-state index in [0.29, 0.717) is 22.3 Å². The van der Waals surface area contributed by atoms with E-state index < -0.39 is 5.82 Å². The van der Waals surface area contributed by atoms with Crippen LogP contribution in [0.25, 0.3) is 0 Å². The van der Waals surface area contributed by atoms with E-state index in [1.165, 1.54) is 24.7 Å². The van der Waals surface area contributed by atoms with Gasteiger partial charge in [0.25, 0.3) is 0 Å². The summed E-state index contributed by atoms with van der Waals surface area (Å²) in [6.07, 6.45) is 5.27. The summed E-state index contributed by atoms with van der Waals surface area (Å²) >= 11 is 5.75. The minimum atomic E-state index is -0.414. The molecule has 0 radical (unpaired) electrons. The lowest BCUT2D eigenvalue weighted by Crippen LogP contribution is -1.92. The first kappa shape index (κ1) is 14.0. The van der Waals surface area contributed by atoms with Crippen molar-refractivity contribution >= 4 is 17.8 Å². The van der Waals surface area contributed by atoms with Crippen molar-refractivity contribution in [1.29, 1.82) is 0 Å². The third-order valence-corrected chi connectivity index (χ3v) is 2.79. The van der Waals surface area contributed by atoms with Crippen LogP contribution in [0.3, 0.4) is 0 Å². The van der Waals surface area contributed by atoms with Crippen molar-refractivity contribution in [3.05, 3.63) is 57.9 Å². The van der Waals surface area contributed by atoms with Crippen LogP contribution in [-0.4, -0.2) is 21.4 Å². The van der Waals surface area contributed by atoms with Gasteiger partial charge in [-0.2, -0.15) is 0 Å². The Morgan fingerprint density at radius 2 is 2.05 bits per heavy atom. The monoisotopic (exact) mass is 289 g/mol. The van der Waals surface area contributed by atoms with Gasteiger partial charge in [0.15, 0.2) is 0 Å². The maximum absolute atomic E-state index is 13.3. The maximum atomic E-state index is 13.3. The highest BCUT2D eigenvalue weighted by Gasteiger charge is 2.03. The van der Waals surface area contributed by atoms with Gasteiger partial charge in [-0.1, -0.05) is 28.6 Å². The number of nitrogens with zero attached hydrogens (tertiary/aromatic N) is 3. The first-order valence-corrected chi connectivity index (χ1v) is 5.94. The first-order chi connectivity index (χ1) is 9.61. The highest BCUT2D eigenvalue weighted by Crippen LogP contribution is 2.12. The Hall–Kier alpha value is -2.45. The molecule has 0 amide bonds. The van der Waals surface area contributed by atoms with Gasteiger partial charge in [0.1, 0.15) is 11.0 Å². The van der Waals surface area contributed by atoms with Crippen LogP contribution in [0.4, 0.5) is 4.39 Å². The summed E-state index contributed by atoms with van der Waals surface area (Å²) in [5, 5.41) is 11.8. The summed E-state index contributed by atoms with van der Waals surface area (Å²) in [4.78, 5) is 7.65. The van der Waals surface area contributed by atoms with E-state index in [2.05, 4.69) is 27.0 Å². The molecule has 2 aromatic heterocycles. The van der Waals surface area contributed by atoms with Crippen LogP contribution in [-0.2, 0) is 0 Å². The van der Waals surface area contributed by atoms with Gasteiger partial charge in [-0.25, -0.2) is 9.37 Å². The first-order valence-electron chi connectivity index (χ1n) is 5.57. The Bertz CT molecular complexity index is 735. The highest BCUT2D eigenvalue weighted by molar-refractivity contribution is 6.29. The summed E-state index contributed by atoms with van der Waals surface area (Å²) in [6, 6.07) is 1.52.